The number of hydrogen-bond acceptors (Lipinski definition) is 5. The van der Waals surface area contributed by atoms with Gasteiger partial charge in [-0.15, -0.1) is 10.2 Å². The summed E-state index contributed by atoms with van der Waals surface area (Å²) in [4.78, 5) is 12.3. The van der Waals surface area contributed by atoms with Gasteiger partial charge < -0.3 is 4.74 Å². The van der Waals surface area contributed by atoms with Crippen LogP contribution in [0.3, 0.4) is 0 Å². The van der Waals surface area contributed by atoms with E-state index in [9.17, 15) is 4.79 Å². The molecule has 0 aliphatic rings. The third-order valence-electron chi connectivity index (χ3n) is 4.22. The summed E-state index contributed by atoms with van der Waals surface area (Å²) in [6, 6.07) is 20.2. The number of halogens is 2. The van der Waals surface area contributed by atoms with Crippen molar-refractivity contribution in [3.63, 3.8) is 0 Å². The number of aromatic nitrogens is 2. The van der Waals surface area contributed by atoms with Crippen molar-refractivity contribution in [3.05, 3.63) is 87.4 Å². The van der Waals surface area contributed by atoms with Gasteiger partial charge in [0.15, 0.2) is 0 Å². The Balaban J connectivity index is 1.43. The number of amides is 1. The molecule has 1 N–H and O–H groups in total. The zero-order valence-corrected chi connectivity index (χ0v) is 18.9. The molecule has 0 atom stereocenters. The number of hydrogen-bond donors (Lipinski definition) is 1. The second kappa shape index (κ2) is 8.95. The molecule has 0 aliphatic heterocycles. The van der Waals surface area contributed by atoms with Crippen LogP contribution in [0.5, 0.6) is 11.5 Å². The average Bonchev–Trinajstić information content (AvgIpc) is 3.20. The lowest BCUT2D eigenvalue weighted by molar-refractivity contribution is 0.102. The van der Waals surface area contributed by atoms with Gasteiger partial charge in [-0.1, -0.05) is 38.9 Å². The first-order chi connectivity index (χ1) is 14.5. The van der Waals surface area contributed by atoms with Crippen molar-refractivity contribution in [1.29, 1.82) is 0 Å². The fraction of sp³-hybridized carbons (Fsp3) is 0.0455. The number of carbonyl (C=O) groups excluding carboxylic acids is 1. The lowest BCUT2D eigenvalue weighted by Crippen LogP contribution is -2.11. The Morgan fingerprint density at radius 3 is 2.40 bits per heavy atom. The van der Waals surface area contributed by atoms with Gasteiger partial charge in [0.1, 0.15) is 16.5 Å². The first-order valence-electron chi connectivity index (χ1n) is 8.93. The Morgan fingerprint density at radius 2 is 1.70 bits per heavy atom. The zero-order valence-electron chi connectivity index (χ0n) is 15.7. The summed E-state index contributed by atoms with van der Waals surface area (Å²) >= 11 is 10.7. The highest BCUT2D eigenvalue weighted by Gasteiger charge is 2.12. The minimum absolute atomic E-state index is 0.229. The second-order valence-electron chi connectivity index (χ2n) is 6.41. The predicted octanol–water partition coefficient (Wildman–Crippen LogP) is 6.97. The van der Waals surface area contributed by atoms with E-state index in [1.807, 2.05) is 61.5 Å². The fourth-order valence-corrected chi connectivity index (χ4v) is 3.77. The van der Waals surface area contributed by atoms with Crippen LogP contribution in [0, 0.1) is 6.92 Å². The average molecular weight is 501 g/mol. The van der Waals surface area contributed by atoms with Crippen LogP contribution < -0.4 is 10.1 Å². The van der Waals surface area contributed by atoms with Gasteiger partial charge >= 0.3 is 0 Å². The normalized spacial score (nSPS) is 10.6. The number of rotatable bonds is 5. The standard InChI is InChI=1S/C22H15BrClN3O2S/c1-13-12-18(10-11-19(13)24)29-17-8-4-15(5-9-17)21-26-27-22(30-21)25-20(28)14-2-6-16(23)7-3-14/h2-12H,1H3,(H,25,27,28). The van der Waals surface area contributed by atoms with Crippen LogP contribution in [0.4, 0.5) is 5.13 Å². The number of carbonyl (C=O) groups is 1. The highest BCUT2D eigenvalue weighted by Crippen LogP contribution is 2.30. The van der Waals surface area contributed by atoms with Gasteiger partial charge in [-0.2, -0.15) is 0 Å². The smallest absolute Gasteiger partial charge is 0.257 e. The molecule has 0 spiro atoms. The van der Waals surface area contributed by atoms with E-state index in [0.29, 0.717) is 26.5 Å². The molecule has 0 saturated carbocycles. The van der Waals surface area contributed by atoms with Gasteiger partial charge in [0.2, 0.25) is 5.13 Å². The van der Waals surface area contributed by atoms with Crippen molar-refractivity contribution >= 4 is 49.9 Å². The Labute approximate surface area is 190 Å². The molecule has 0 radical (unpaired) electrons. The molecular weight excluding hydrogens is 486 g/mol. The maximum Gasteiger partial charge on any atom is 0.257 e. The Kier molecular flexibility index (Phi) is 6.13. The van der Waals surface area contributed by atoms with Crippen LogP contribution in [-0.2, 0) is 0 Å². The van der Waals surface area contributed by atoms with Crippen molar-refractivity contribution in [2.24, 2.45) is 0 Å². The quantitative estimate of drug-likeness (QED) is 0.321. The van der Waals surface area contributed by atoms with Crippen molar-refractivity contribution in [1.82, 2.24) is 10.2 Å². The molecule has 0 unspecified atom stereocenters. The number of nitrogens with one attached hydrogen (secondary N) is 1. The number of ether oxygens (including phenoxy) is 1. The van der Waals surface area contributed by atoms with Gasteiger partial charge in [0.05, 0.1) is 0 Å². The van der Waals surface area contributed by atoms with Crippen LogP contribution in [0.15, 0.2) is 71.2 Å². The maximum absolute atomic E-state index is 12.3. The first kappa shape index (κ1) is 20.5. The predicted molar refractivity (Wildman–Crippen MR) is 124 cm³/mol. The molecule has 1 aromatic heterocycles. The lowest BCUT2D eigenvalue weighted by atomic mass is 10.2. The van der Waals surface area contributed by atoms with Gasteiger partial charge in [-0.3, -0.25) is 10.1 Å². The molecule has 0 aliphatic carbocycles. The van der Waals surface area contributed by atoms with Gasteiger partial charge in [0.25, 0.3) is 5.91 Å². The monoisotopic (exact) mass is 499 g/mol. The number of nitrogens with zero attached hydrogens (tertiary/aromatic N) is 2. The lowest BCUT2D eigenvalue weighted by Gasteiger charge is -2.07. The Hall–Kier alpha value is -2.74. The molecule has 30 heavy (non-hydrogen) atoms. The minimum Gasteiger partial charge on any atom is -0.457 e. The van der Waals surface area contributed by atoms with Crippen molar-refractivity contribution in [3.8, 4) is 22.1 Å². The van der Waals surface area contributed by atoms with E-state index < -0.39 is 0 Å². The zero-order chi connectivity index (χ0) is 21.1. The molecule has 0 fully saturated rings. The molecule has 8 heteroatoms. The molecule has 5 nitrogen and oxygen atoms in total. The van der Waals surface area contributed by atoms with Crippen molar-refractivity contribution in [2.45, 2.75) is 6.92 Å². The van der Waals surface area contributed by atoms with Crippen molar-refractivity contribution in [2.75, 3.05) is 5.32 Å². The molecule has 3 aromatic carbocycles. The highest BCUT2D eigenvalue weighted by molar-refractivity contribution is 9.10. The first-order valence-corrected chi connectivity index (χ1v) is 10.9. The van der Waals surface area contributed by atoms with Crippen LogP contribution in [0.25, 0.3) is 10.6 Å². The van der Waals surface area contributed by atoms with Gasteiger partial charge in [-0.25, -0.2) is 0 Å². The van der Waals surface area contributed by atoms with Crippen LogP contribution in [0.2, 0.25) is 5.02 Å². The summed E-state index contributed by atoms with van der Waals surface area (Å²) in [5.74, 6) is 1.19. The number of anilines is 1. The highest BCUT2D eigenvalue weighted by atomic mass is 79.9. The molecule has 4 rings (SSSR count). The van der Waals surface area contributed by atoms with E-state index in [-0.39, 0.29) is 5.91 Å². The third-order valence-corrected chi connectivity index (χ3v) is 6.06. The largest absolute Gasteiger partial charge is 0.457 e. The fourth-order valence-electron chi connectivity index (χ4n) is 2.64. The molecule has 4 aromatic rings. The molecule has 0 saturated heterocycles. The van der Waals surface area contributed by atoms with Gasteiger partial charge in [-0.05, 0) is 79.2 Å². The molecular formula is C22H15BrClN3O2S. The molecule has 0 bridgehead atoms. The van der Waals surface area contributed by atoms with E-state index in [4.69, 9.17) is 16.3 Å². The van der Waals surface area contributed by atoms with Crippen LogP contribution >= 0.6 is 38.9 Å². The Bertz CT molecular complexity index is 1190. The summed E-state index contributed by atoms with van der Waals surface area (Å²) in [6.07, 6.45) is 0. The van der Waals surface area contributed by atoms with E-state index in [2.05, 4.69) is 31.4 Å². The topological polar surface area (TPSA) is 64.1 Å². The molecule has 1 heterocycles. The summed E-state index contributed by atoms with van der Waals surface area (Å²) in [5.41, 5.74) is 2.39. The van der Waals surface area contributed by atoms with Crippen LogP contribution in [0.1, 0.15) is 15.9 Å². The minimum atomic E-state index is -0.229. The van der Waals surface area contributed by atoms with E-state index in [0.717, 1.165) is 21.3 Å². The Morgan fingerprint density at radius 1 is 1.00 bits per heavy atom. The summed E-state index contributed by atoms with van der Waals surface area (Å²) in [6.45, 7) is 1.93. The van der Waals surface area contributed by atoms with Crippen LogP contribution in [-0.4, -0.2) is 16.1 Å². The number of aryl methyl sites for hydroxylation is 1. The molecule has 150 valence electrons. The second-order valence-corrected chi connectivity index (χ2v) is 8.71. The van der Waals surface area contributed by atoms with E-state index in [1.54, 1.807) is 12.1 Å². The summed E-state index contributed by atoms with van der Waals surface area (Å²) in [5, 5.41) is 12.9. The third kappa shape index (κ3) is 4.87. The van der Waals surface area contributed by atoms with E-state index >= 15 is 0 Å². The summed E-state index contributed by atoms with van der Waals surface area (Å²) < 4.78 is 6.78. The SMILES string of the molecule is Cc1cc(Oc2ccc(-c3nnc(NC(=O)c4ccc(Br)cc4)s3)cc2)ccc1Cl. The summed E-state index contributed by atoms with van der Waals surface area (Å²) in [7, 11) is 0. The van der Waals surface area contributed by atoms with Crippen molar-refractivity contribution < 1.29 is 9.53 Å². The number of benzene rings is 3. The van der Waals surface area contributed by atoms with Gasteiger partial charge in [0, 0.05) is 20.6 Å². The van der Waals surface area contributed by atoms with E-state index in [1.165, 1.54) is 11.3 Å². The molecule has 1 amide bonds. The maximum atomic E-state index is 12.3.